The fourth-order valence-electron chi connectivity index (χ4n) is 2.82. The molecule has 0 saturated carbocycles. The van der Waals surface area contributed by atoms with Crippen molar-refractivity contribution in [3.63, 3.8) is 0 Å². The van der Waals surface area contributed by atoms with E-state index in [1.54, 1.807) is 49.4 Å². The van der Waals surface area contributed by atoms with Crippen LogP contribution >= 0.6 is 0 Å². The van der Waals surface area contributed by atoms with Crippen LogP contribution in [-0.4, -0.2) is 36.2 Å². The fraction of sp³-hybridized carbons (Fsp3) is 0.100. The summed E-state index contributed by atoms with van der Waals surface area (Å²) in [4.78, 5) is 25.0. The van der Waals surface area contributed by atoms with Crippen molar-refractivity contribution in [1.82, 2.24) is 14.7 Å². The Hall–Kier alpha value is -3.79. The van der Waals surface area contributed by atoms with E-state index in [-0.39, 0.29) is 10.7 Å². The van der Waals surface area contributed by atoms with Crippen molar-refractivity contribution >= 4 is 27.5 Å². The third kappa shape index (κ3) is 4.13. The topological polar surface area (TPSA) is 123 Å². The van der Waals surface area contributed by atoms with Crippen molar-refractivity contribution in [3.8, 4) is 11.6 Å². The number of ether oxygens (including phenoxy) is 1. The Morgan fingerprint density at radius 1 is 1.17 bits per heavy atom. The molecule has 10 heteroatoms. The Balaban J connectivity index is 1.48. The van der Waals surface area contributed by atoms with Gasteiger partial charge in [0.05, 0.1) is 11.1 Å². The number of fused-ring (bicyclic) bond motifs is 1. The molecule has 152 valence electrons. The molecule has 30 heavy (non-hydrogen) atoms. The monoisotopic (exact) mass is 423 g/mol. The summed E-state index contributed by atoms with van der Waals surface area (Å²) in [5.74, 6) is 0.549. The number of nitrogens with one attached hydrogen (secondary N) is 2. The predicted octanol–water partition coefficient (Wildman–Crippen LogP) is 2.33. The molecule has 2 heterocycles. The average molecular weight is 423 g/mol. The van der Waals surface area contributed by atoms with Gasteiger partial charge in [0, 0.05) is 29.7 Å². The molecule has 2 N–H and O–H groups in total. The molecule has 2 aromatic carbocycles. The number of hydrogen-bond donors (Lipinski definition) is 2. The molecule has 0 aliphatic carbocycles. The van der Waals surface area contributed by atoms with Crippen LogP contribution in [-0.2, 0) is 14.8 Å². The van der Waals surface area contributed by atoms with Gasteiger partial charge >= 0.3 is 0 Å². The Labute approximate surface area is 172 Å². The highest BCUT2D eigenvalue weighted by atomic mass is 32.2. The highest BCUT2D eigenvalue weighted by Gasteiger charge is 2.31. The van der Waals surface area contributed by atoms with Gasteiger partial charge in [0.15, 0.2) is 0 Å². The molecule has 0 radical (unpaired) electrons. The zero-order valence-corrected chi connectivity index (χ0v) is 16.6. The molecule has 9 nitrogen and oxygen atoms in total. The minimum Gasteiger partial charge on any atom is -0.437 e. The van der Waals surface area contributed by atoms with Gasteiger partial charge in [-0.15, -0.1) is 0 Å². The number of aromatic nitrogens is 2. The van der Waals surface area contributed by atoms with Gasteiger partial charge in [-0.3, -0.25) is 19.5 Å². The van der Waals surface area contributed by atoms with Gasteiger partial charge in [0.25, 0.3) is 10.0 Å². The predicted molar refractivity (Wildman–Crippen MR) is 110 cm³/mol. The lowest BCUT2D eigenvalue weighted by atomic mass is 10.2. The summed E-state index contributed by atoms with van der Waals surface area (Å²) < 4.78 is 32.3. The summed E-state index contributed by atoms with van der Waals surface area (Å²) in [7, 11) is -3.66. The van der Waals surface area contributed by atoms with Gasteiger partial charge in [-0.2, -0.15) is 0 Å². The molecule has 1 aromatic heterocycles. The van der Waals surface area contributed by atoms with Crippen molar-refractivity contribution in [2.45, 2.75) is 17.9 Å². The van der Waals surface area contributed by atoms with Crippen LogP contribution < -0.4 is 14.8 Å². The number of nitrogens with zero attached hydrogens (tertiary/aromatic N) is 3. The molecule has 1 amide bonds. The number of carbonyl (C=O) groups excluding carboxylic acids is 1. The molecule has 1 aliphatic rings. The number of sulfonamides is 1. The lowest BCUT2D eigenvalue weighted by Gasteiger charge is -2.11. The summed E-state index contributed by atoms with van der Waals surface area (Å²) in [6, 6.07) is 12.4. The van der Waals surface area contributed by atoms with Gasteiger partial charge in [-0.05, 0) is 31.2 Å². The van der Waals surface area contributed by atoms with Crippen LogP contribution in [0.5, 0.6) is 11.6 Å². The first-order valence-corrected chi connectivity index (χ1v) is 10.5. The van der Waals surface area contributed by atoms with Crippen molar-refractivity contribution < 1.29 is 17.9 Å². The Morgan fingerprint density at radius 2 is 2.00 bits per heavy atom. The second kappa shape index (κ2) is 7.91. The number of hydrogen-bond acceptors (Lipinski definition) is 7. The first-order chi connectivity index (χ1) is 14.4. The highest BCUT2D eigenvalue weighted by molar-refractivity contribution is 7.90. The minimum atomic E-state index is -3.66. The largest absolute Gasteiger partial charge is 0.437 e. The number of carbonyl (C=O) groups is 1. The van der Waals surface area contributed by atoms with E-state index >= 15 is 0 Å². The number of aliphatic imine (C=N–C) groups is 1. The maximum atomic E-state index is 12.6. The third-order valence-electron chi connectivity index (χ3n) is 4.23. The molecule has 1 atom stereocenters. The summed E-state index contributed by atoms with van der Waals surface area (Å²) in [6.07, 6.45) is 4.52. The molecular weight excluding hydrogens is 406 g/mol. The normalized spacial score (nSPS) is 16.4. The zero-order chi connectivity index (χ0) is 21.1. The third-order valence-corrected chi connectivity index (χ3v) is 5.63. The smallest absolute Gasteiger partial charge is 0.263 e. The van der Waals surface area contributed by atoms with E-state index in [9.17, 15) is 13.2 Å². The van der Waals surface area contributed by atoms with Crippen molar-refractivity contribution in [3.05, 3.63) is 72.7 Å². The average Bonchev–Trinajstić information content (AvgIpc) is 2.99. The van der Waals surface area contributed by atoms with Gasteiger partial charge in [0.2, 0.25) is 11.8 Å². The zero-order valence-electron chi connectivity index (χ0n) is 15.8. The lowest BCUT2D eigenvalue weighted by Crippen LogP contribution is -2.28. The van der Waals surface area contributed by atoms with E-state index in [0.717, 1.165) is 0 Å². The summed E-state index contributed by atoms with van der Waals surface area (Å²) in [5.41, 5.74) is 0.942. The molecule has 0 saturated heterocycles. The van der Waals surface area contributed by atoms with Crippen LogP contribution in [0.15, 0.2) is 77.0 Å². The van der Waals surface area contributed by atoms with Crippen LogP contribution in [0.3, 0.4) is 0 Å². The molecule has 0 fully saturated rings. The fourth-order valence-corrected chi connectivity index (χ4v) is 4.06. The van der Waals surface area contributed by atoms with Crippen LogP contribution in [0, 0.1) is 0 Å². The quantitative estimate of drug-likeness (QED) is 0.649. The summed E-state index contributed by atoms with van der Waals surface area (Å²) >= 11 is 0. The van der Waals surface area contributed by atoms with E-state index in [2.05, 4.69) is 25.0 Å². The molecule has 3 aromatic rings. The molecule has 0 spiro atoms. The number of rotatable bonds is 5. The van der Waals surface area contributed by atoms with Gasteiger partial charge < -0.3 is 10.1 Å². The van der Waals surface area contributed by atoms with E-state index in [4.69, 9.17) is 4.74 Å². The number of anilines is 1. The SMILES string of the molecule is C[C@H](N=C1NS(=O)(=O)c2ccccc21)C(=O)Nc1cccc(Oc2cnccn2)c1. The molecule has 1 aliphatic heterocycles. The van der Waals surface area contributed by atoms with E-state index in [1.165, 1.54) is 24.7 Å². The van der Waals surface area contributed by atoms with Gasteiger partial charge in [0.1, 0.15) is 17.6 Å². The Bertz CT molecular complexity index is 1230. The second-order valence-corrected chi connectivity index (χ2v) is 8.07. The Morgan fingerprint density at radius 3 is 2.80 bits per heavy atom. The van der Waals surface area contributed by atoms with Crippen LogP contribution in [0.2, 0.25) is 0 Å². The standard InChI is InChI=1S/C20H17N5O4S/c1-13(23-19-16-7-2-3-8-17(16)30(27,28)25-19)20(26)24-14-5-4-6-15(11-14)29-18-12-21-9-10-22-18/h2-13H,1H3,(H,23,25)(H,24,26)/t13-/m0/s1. The molecular formula is C20H17N5O4S. The van der Waals surface area contributed by atoms with E-state index in [1.807, 2.05) is 0 Å². The highest BCUT2D eigenvalue weighted by Crippen LogP contribution is 2.24. The van der Waals surface area contributed by atoms with Crippen molar-refractivity contribution in [2.24, 2.45) is 4.99 Å². The maximum Gasteiger partial charge on any atom is 0.263 e. The Kier molecular flexibility index (Phi) is 5.15. The molecule has 0 unspecified atom stereocenters. The number of amides is 1. The van der Waals surface area contributed by atoms with E-state index in [0.29, 0.717) is 22.9 Å². The van der Waals surface area contributed by atoms with Crippen LogP contribution in [0.4, 0.5) is 5.69 Å². The van der Waals surface area contributed by atoms with Crippen molar-refractivity contribution in [2.75, 3.05) is 5.32 Å². The van der Waals surface area contributed by atoms with Crippen LogP contribution in [0.25, 0.3) is 0 Å². The number of benzene rings is 2. The molecule has 4 rings (SSSR count). The van der Waals surface area contributed by atoms with Crippen LogP contribution in [0.1, 0.15) is 12.5 Å². The van der Waals surface area contributed by atoms with Gasteiger partial charge in [-0.1, -0.05) is 18.2 Å². The summed E-state index contributed by atoms with van der Waals surface area (Å²) in [6.45, 7) is 1.58. The van der Waals surface area contributed by atoms with Crippen molar-refractivity contribution in [1.29, 1.82) is 0 Å². The summed E-state index contributed by atoms with van der Waals surface area (Å²) in [5, 5.41) is 2.75. The van der Waals surface area contributed by atoms with Gasteiger partial charge in [-0.25, -0.2) is 13.4 Å². The lowest BCUT2D eigenvalue weighted by molar-refractivity contribution is -0.117. The first kappa shape index (κ1) is 19.5. The maximum absolute atomic E-state index is 12.6. The minimum absolute atomic E-state index is 0.144. The first-order valence-electron chi connectivity index (χ1n) is 8.97. The number of amidine groups is 1. The van der Waals surface area contributed by atoms with E-state index < -0.39 is 22.0 Å². The molecule has 0 bridgehead atoms. The second-order valence-electron chi connectivity index (χ2n) is 6.42.